The molecule has 0 saturated carbocycles. The highest BCUT2D eigenvalue weighted by Crippen LogP contribution is 2.39. The van der Waals surface area contributed by atoms with E-state index in [0.29, 0.717) is 28.6 Å². The van der Waals surface area contributed by atoms with Gasteiger partial charge in [-0.2, -0.15) is 13.2 Å². The van der Waals surface area contributed by atoms with Crippen molar-refractivity contribution < 1.29 is 21.8 Å². The van der Waals surface area contributed by atoms with Crippen molar-refractivity contribution in [1.29, 1.82) is 0 Å². The second-order valence-electron chi connectivity index (χ2n) is 8.07. The van der Waals surface area contributed by atoms with Crippen LogP contribution < -0.4 is 0 Å². The minimum atomic E-state index is -4.11. The fourth-order valence-corrected chi connectivity index (χ4v) is 6.10. The average molecular weight is 446 g/mol. The van der Waals surface area contributed by atoms with E-state index >= 15 is 0 Å². The zero-order valence-corrected chi connectivity index (χ0v) is 18.5. The van der Waals surface area contributed by atoms with Crippen LogP contribution in [0.3, 0.4) is 0 Å². The van der Waals surface area contributed by atoms with Gasteiger partial charge in [-0.3, -0.25) is 0 Å². The lowest BCUT2D eigenvalue weighted by atomic mass is 10.2. The molecule has 152 valence electrons. The molecule has 1 amide bonds. The number of benzene rings is 1. The van der Waals surface area contributed by atoms with Gasteiger partial charge in [0.15, 0.2) is 0 Å². The van der Waals surface area contributed by atoms with Crippen LogP contribution >= 0.6 is 23.2 Å². The number of hydrogen-bond donors (Lipinski definition) is 0. The minimum Gasteiger partial charge on any atom is -0.413 e. The third-order valence-corrected chi connectivity index (χ3v) is 8.02. The lowest BCUT2D eigenvalue weighted by Gasteiger charge is -2.34. The van der Waals surface area contributed by atoms with Crippen molar-refractivity contribution in [2.75, 3.05) is 6.54 Å². The van der Waals surface area contributed by atoms with Gasteiger partial charge in [-0.15, -0.1) is 3.89 Å². The minimum absolute atomic E-state index is 0.00873. The number of sulfonamides is 1. The second kappa shape index (κ2) is 7.13. The van der Waals surface area contributed by atoms with Gasteiger partial charge in [0, 0.05) is 29.8 Å². The first-order valence-electron chi connectivity index (χ1n) is 9.00. The Morgan fingerprint density at radius 1 is 1.25 bits per heavy atom. The maximum Gasteiger partial charge on any atom is 0.532 e. The van der Waals surface area contributed by atoms with Crippen LogP contribution in [-0.4, -0.2) is 41.6 Å². The molecule has 0 aliphatic carbocycles. The lowest BCUT2D eigenvalue weighted by molar-refractivity contribution is -0.743. The number of likely N-dealkylation sites (tertiary alicyclic amines) is 1. The van der Waals surface area contributed by atoms with Gasteiger partial charge in [0.1, 0.15) is 28.2 Å². The van der Waals surface area contributed by atoms with Gasteiger partial charge in [0.25, 0.3) is 0 Å². The van der Waals surface area contributed by atoms with Gasteiger partial charge in [0.05, 0.1) is 5.02 Å². The van der Waals surface area contributed by atoms with Crippen molar-refractivity contribution in [3.63, 3.8) is 0 Å². The summed E-state index contributed by atoms with van der Waals surface area (Å²) in [4.78, 5) is 17.1. The van der Waals surface area contributed by atoms with Crippen LogP contribution in [0.2, 0.25) is 10.2 Å². The summed E-state index contributed by atoms with van der Waals surface area (Å²) in [6.07, 6.45) is 1.88. The molecule has 3 rings (SSSR count). The molecule has 1 fully saturated rings. The summed E-state index contributed by atoms with van der Waals surface area (Å²) in [6.45, 7) is 7.09. The highest BCUT2D eigenvalue weighted by molar-refractivity contribution is 7.86. The van der Waals surface area contributed by atoms with E-state index in [1.807, 2.05) is 0 Å². The van der Waals surface area contributed by atoms with Crippen molar-refractivity contribution in [3.05, 3.63) is 34.6 Å². The Bertz CT molecular complexity index is 1050. The highest BCUT2D eigenvalue weighted by Gasteiger charge is 2.59. The number of carbonyl (C=O) groups is 1. The number of halogens is 2. The molecule has 2 atom stereocenters. The number of hydrogen-bond acceptors (Lipinski definition) is 5. The van der Waals surface area contributed by atoms with Gasteiger partial charge in [-0.1, -0.05) is 29.3 Å². The van der Waals surface area contributed by atoms with E-state index in [1.165, 1.54) is 18.3 Å². The standard InChI is InChI=1S/C19H23Cl2N2O4S/c1-12-6-5-9-23(12,18(24)27-19(2,3)4)28(25,26)13-7-8-14-15(10-13)17(21)22-11-16(14)20/h7-8,10-12H,5-6,9H2,1-4H3/q+1/t12-,23?/m1/s1. The number of rotatable bonds is 2. The fraction of sp³-hybridized carbons (Fsp3) is 0.474. The van der Waals surface area contributed by atoms with Crippen molar-refractivity contribution in [2.24, 2.45) is 0 Å². The van der Waals surface area contributed by atoms with Crippen LogP contribution in [0.15, 0.2) is 29.3 Å². The van der Waals surface area contributed by atoms with E-state index < -0.39 is 31.6 Å². The summed E-state index contributed by atoms with van der Waals surface area (Å²) in [5.41, 5.74) is -0.801. The topological polar surface area (TPSA) is 73.3 Å². The Morgan fingerprint density at radius 3 is 2.50 bits per heavy atom. The molecule has 1 aromatic carbocycles. The molecule has 2 heterocycles. The van der Waals surface area contributed by atoms with Crippen molar-refractivity contribution in [3.8, 4) is 0 Å². The third-order valence-electron chi connectivity index (χ3n) is 5.02. The molecule has 9 heteroatoms. The van der Waals surface area contributed by atoms with E-state index in [9.17, 15) is 13.2 Å². The molecule has 1 aliphatic rings. The zero-order chi connectivity index (χ0) is 20.9. The summed E-state index contributed by atoms with van der Waals surface area (Å²) >= 11 is 12.3. The number of pyridine rings is 1. The van der Waals surface area contributed by atoms with E-state index in [2.05, 4.69) is 4.98 Å². The molecular weight excluding hydrogens is 423 g/mol. The summed E-state index contributed by atoms with van der Waals surface area (Å²) in [7, 11) is -4.11. The fourth-order valence-electron chi connectivity index (χ4n) is 3.62. The van der Waals surface area contributed by atoms with Crippen LogP contribution in [-0.2, 0) is 14.8 Å². The number of amides is 1. The highest BCUT2D eigenvalue weighted by atomic mass is 35.5. The van der Waals surface area contributed by atoms with Crippen molar-refractivity contribution in [1.82, 2.24) is 4.98 Å². The first-order valence-corrected chi connectivity index (χ1v) is 11.2. The molecule has 1 unspecified atom stereocenters. The van der Waals surface area contributed by atoms with Gasteiger partial charge in [-0.25, -0.2) is 4.98 Å². The number of fused-ring (bicyclic) bond motifs is 1. The molecule has 0 radical (unpaired) electrons. The molecule has 1 saturated heterocycles. The smallest absolute Gasteiger partial charge is 0.413 e. The monoisotopic (exact) mass is 445 g/mol. The molecule has 6 nitrogen and oxygen atoms in total. The molecule has 0 spiro atoms. The Kier molecular flexibility index (Phi) is 5.42. The van der Waals surface area contributed by atoms with Gasteiger partial charge in [-0.05, 0) is 39.8 Å². The number of aromatic nitrogens is 1. The molecule has 0 bridgehead atoms. The number of nitrogens with zero attached hydrogens (tertiary/aromatic N) is 2. The van der Waals surface area contributed by atoms with Crippen LogP contribution in [0.1, 0.15) is 40.5 Å². The predicted molar refractivity (Wildman–Crippen MR) is 109 cm³/mol. The maximum atomic E-state index is 13.7. The van der Waals surface area contributed by atoms with Crippen molar-refractivity contribution >= 4 is 50.1 Å². The van der Waals surface area contributed by atoms with E-state index in [4.69, 9.17) is 27.9 Å². The summed E-state index contributed by atoms with van der Waals surface area (Å²) in [5.74, 6) is 0. The van der Waals surface area contributed by atoms with Crippen LogP contribution in [0.25, 0.3) is 10.8 Å². The molecular formula is C19H23Cl2N2O4S+. The Morgan fingerprint density at radius 2 is 1.93 bits per heavy atom. The molecule has 1 aromatic heterocycles. The summed E-state index contributed by atoms with van der Waals surface area (Å²) in [6, 6.07) is 4.05. The largest absolute Gasteiger partial charge is 0.532 e. The number of quaternary nitrogens is 1. The van der Waals surface area contributed by atoms with E-state index in [-0.39, 0.29) is 16.6 Å². The number of carbonyl (C=O) groups excluding carboxylic acids is 1. The van der Waals surface area contributed by atoms with Gasteiger partial charge in [0.2, 0.25) is 0 Å². The van der Waals surface area contributed by atoms with Crippen LogP contribution in [0, 0.1) is 0 Å². The third kappa shape index (κ3) is 3.38. The van der Waals surface area contributed by atoms with Crippen molar-refractivity contribution in [2.45, 2.75) is 57.1 Å². The van der Waals surface area contributed by atoms with E-state index in [1.54, 1.807) is 33.8 Å². The summed E-state index contributed by atoms with van der Waals surface area (Å²) < 4.78 is 32.2. The molecule has 2 aromatic rings. The molecule has 28 heavy (non-hydrogen) atoms. The number of ether oxygens (including phenoxy) is 1. The lowest BCUT2D eigenvalue weighted by Crippen LogP contribution is -2.60. The first-order chi connectivity index (χ1) is 12.9. The Hall–Kier alpha value is -1.41. The quantitative estimate of drug-likeness (QED) is 0.470. The maximum absolute atomic E-state index is 13.7. The summed E-state index contributed by atoms with van der Waals surface area (Å²) in [5, 5.41) is 1.53. The van der Waals surface area contributed by atoms with Gasteiger partial charge < -0.3 is 4.74 Å². The first kappa shape index (κ1) is 21.3. The zero-order valence-electron chi connectivity index (χ0n) is 16.2. The molecule has 0 N–H and O–H groups in total. The molecule has 1 aliphatic heterocycles. The van der Waals surface area contributed by atoms with E-state index in [0.717, 1.165) is 0 Å². The normalized spacial score (nSPS) is 23.1. The Labute approximate surface area is 175 Å². The van der Waals surface area contributed by atoms with Crippen LogP contribution in [0.5, 0.6) is 0 Å². The SMILES string of the molecule is C[C@@H]1CCC[N+]1(C(=O)OC(C)(C)C)S(=O)(=O)c1ccc2c(Cl)cnc(Cl)c2c1. The average Bonchev–Trinajstić information content (AvgIpc) is 2.99. The van der Waals surface area contributed by atoms with Crippen LogP contribution in [0.4, 0.5) is 4.79 Å². The second-order valence-corrected chi connectivity index (χ2v) is 10.9. The van der Waals surface area contributed by atoms with Gasteiger partial charge >= 0.3 is 16.1 Å². The Balaban J connectivity index is 2.19. The predicted octanol–water partition coefficient (Wildman–Crippen LogP) is 5.16.